The summed E-state index contributed by atoms with van der Waals surface area (Å²) in [5.41, 5.74) is -1.22. The summed E-state index contributed by atoms with van der Waals surface area (Å²) < 4.78 is 36.3. The van der Waals surface area contributed by atoms with Gasteiger partial charge in [0.15, 0.2) is 0 Å². The van der Waals surface area contributed by atoms with Crippen molar-refractivity contribution in [3.63, 3.8) is 0 Å². The number of nitriles is 1. The van der Waals surface area contributed by atoms with Crippen molar-refractivity contribution in [2.24, 2.45) is 5.92 Å². The van der Waals surface area contributed by atoms with Gasteiger partial charge < -0.3 is 5.32 Å². The lowest BCUT2D eigenvalue weighted by Gasteiger charge is -2.17. The molecule has 0 spiro atoms. The Hall–Kier alpha value is -1.54. The zero-order valence-electron chi connectivity index (χ0n) is 10.8. The van der Waals surface area contributed by atoms with Crippen molar-refractivity contribution in [1.82, 2.24) is 5.32 Å². The van der Waals surface area contributed by atoms with Crippen molar-refractivity contribution in [1.29, 1.82) is 5.26 Å². The van der Waals surface area contributed by atoms with Gasteiger partial charge in [-0.05, 0) is 44.0 Å². The standard InChI is InChI=1S/C8H4F3N.C6H13N/c9-8(10,11)7-4-2-1-3-6(7)5-12;1-6-2-4-7-5-3-6/h1-4H;6-7H,2-5H2,1H3. The molecule has 1 aliphatic heterocycles. The van der Waals surface area contributed by atoms with Crippen molar-refractivity contribution < 1.29 is 13.2 Å². The lowest BCUT2D eigenvalue weighted by molar-refractivity contribution is -0.137. The van der Waals surface area contributed by atoms with Gasteiger partial charge in [0.1, 0.15) is 0 Å². The highest BCUT2D eigenvalue weighted by Gasteiger charge is 2.32. The van der Waals surface area contributed by atoms with Crippen LogP contribution in [0.1, 0.15) is 30.9 Å². The Morgan fingerprint density at radius 3 is 2.16 bits per heavy atom. The summed E-state index contributed by atoms with van der Waals surface area (Å²) in [6.07, 6.45) is -1.69. The van der Waals surface area contributed by atoms with Gasteiger partial charge in [0, 0.05) is 0 Å². The number of benzene rings is 1. The average Bonchev–Trinajstić information content (AvgIpc) is 2.39. The van der Waals surface area contributed by atoms with E-state index in [2.05, 4.69) is 12.2 Å². The molecular formula is C14H17F3N2. The van der Waals surface area contributed by atoms with Crippen molar-refractivity contribution >= 4 is 0 Å². The molecule has 5 heteroatoms. The molecule has 1 fully saturated rings. The molecule has 0 bridgehead atoms. The number of hydrogen-bond acceptors (Lipinski definition) is 2. The Morgan fingerprint density at radius 1 is 1.21 bits per heavy atom. The first-order valence-corrected chi connectivity index (χ1v) is 6.22. The van der Waals surface area contributed by atoms with E-state index in [1.807, 2.05) is 0 Å². The molecule has 19 heavy (non-hydrogen) atoms. The summed E-state index contributed by atoms with van der Waals surface area (Å²) >= 11 is 0. The van der Waals surface area contributed by atoms with Gasteiger partial charge in [-0.25, -0.2) is 0 Å². The van der Waals surface area contributed by atoms with Gasteiger partial charge in [0.2, 0.25) is 0 Å². The Labute approximate surface area is 111 Å². The molecule has 1 heterocycles. The van der Waals surface area contributed by atoms with Gasteiger partial charge in [-0.3, -0.25) is 0 Å². The lowest BCUT2D eigenvalue weighted by Crippen LogP contribution is -2.26. The highest BCUT2D eigenvalue weighted by molar-refractivity contribution is 5.38. The molecule has 0 unspecified atom stereocenters. The lowest BCUT2D eigenvalue weighted by atomic mass is 10.0. The summed E-state index contributed by atoms with van der Waals surface area (Å²) in [6.45, 7) is 4.79. The minimum atomic E-state index is -4.44. The molecule has 1 aliphatic rings. The Morgan fingerprint density at radius 2 is 1.79 bits per heavy atom. The van der Waals surface area contributed by atoms with Crippen LogP contribution in [0.2, 0.25) is 0 Å². The molecule has 0 atom stereocenters. The zero-order valence-corrected chi connectivity index (χ0v) is 10.8. The molecule has 0 saturated carbocycles. The van der Waals surface area contributed by atoms with Gasteiger partial charge in [0.05, 0.1) is 17.2 Å². The van der Waals surface area contributed by atoms with Crippen LogP contribution in [-0.2, 0) is 6.18 Å². The van der Waals surface area contributed by atoms with Crippen LogP contribution in [0.3, 0.4) is 0 Å². The fourth-order valence-corrected chi connectivity index (χ4v) is 1.79. The first-order valence-electron chi connectivity index (χ1n) is 6.22. The van der Waals surface area contributed by atoms with Crippen LogP contribution >= 0.6 is 0 Å². The number of hydrogen-bond donors (Lipinski definition) is 1. The maximum absolute atomic E-state index is 12.1. The fourth-order valence-electron chi connectivity index (χ4n) is 1.79. The number of rotatable bonds is 0. The summed E-state index contributed by atoms with van der Waals surface area (Å²) in [4.78, 5) is 0. The molecule has 0 aromatic heterocycles. The van der Waals surface area contributed by atoms with E-state index in [1.165, 1.54) is 44.1 Å². The van der Waals surface area contributed by atoms with E-state index in [-0.39, 0.29) is 5.56 Å². The summed E-state index contributed by atoms with van der Waals surface area (Å²) in [6, 6.07) is 6.16. The molecule has 0 aliphatic carbocycles. The zero-order chi connectivity index (χ0) is 14.3. The van der Waals surface area contributed by atoms with E-state index in [1.54, 1.807) is 0 Å². The molecule has 0 amide bonds. The van der Waals surface area contributed by atoms with Gasteiger partial charge in [0.25, 0.3) is 0 Å². The molecule has 1 N–H and O–H groups in total. The van der Waals surface area contributed by atoms with E-state index >= 15 is 0 Å². The van der Waals surface area contributed by atoms with Gasteiger partial charge in [-0.2, -0.15) is 18.4 Å². The van der Waals surface area contributed by atoms with Crippen molar-refractivity contribution in [2.75, 3.05) is 13.1 Å². The number of nitrogens with zero attached hydrogens (tertiary/aromatic N) is 1. The van der Waals surface area contributed by atoms with Crippen molar-refractivity contribution in [2.45, 2.75) is 25.9 Å². The predicted molar refractivity (Wildman–Crippen MR) is 67.4 cm³/mol. The van der Waals surface area contributed by atoms with E-state index < -0.39 is 11.7 Å². The topological polar surface area (TPSA) is 35.8 Å². The molecular weight excluding hydrogens is 253 g/mol. The second-order valence-electron chi connectivity index (χ2n) is 4.59. The van der Waals surface area contributed by atoms with Crippen LogP contribution in [-0.4, -0.2) is 13.1 Å². The third kappa shape index (κ3) is 5.31. The largest absolute Gasteiger partial charge is 0.417 e. The summed E-state index contributed by atoms with van der Waals surface area (Å²) in [7, 11) is 0. The SMILES string of the molecule is CC1CCNCC1.N#Cc1ccccc1C(F)(F)F. The minimum absolute atomic E-state index is 0.343. The Balaban J connectivity index is 0.000000218. The van der Waals surface area contributed by atoms with E-state index in [4.69, 9.17) is 5.26 Å². The first-order chi connectivity index (χ1) is 8.95. The highest BCUT2D eigenvalue weighted by Crippen LogP contribution is 2.31. The quantitative estimate of drug-likeness (QED) is 0.782. The van der Waals surface area contributed by atoms with Gasteiger partial charge in [-0.1, -0.05) is 19.1 Å². The number of halogens is 3. The second-order valence-corrected chi connectivity index (χ2v) is 4.59. The summed E-state index contributed by atoms with van der Waals surface area (Å²) in [5, 5.41) is 11.6. The van der Waals surface area contributed by atoms with Crippen LogP contribution in [0.25, 0.3) is 0 Å². The molecule has 2 rings (SSSR count). The van der Waals surface area contributed by atoms with E-state index in [0.717, 1.165) is 18.1 Å². The maximum atomic E-state index is 12.1. The third-order valence-corrected chi connectivity index (χ3v) is 2.98. The van der Waals surface area contributed by atoms with Crippen LogP contribution in [0, 0.1) is 17.2 Å². The van der Waals surface area contributed by atoms with Crippen LogP contribution < -0.4 is 5.32 Å². The molecule has 104 valence electrons. The van der Waals surface area contributed by atoms with Crippen molar-refractivity contribution in [3.8, 4) is 6.07 Å². The highest BCUT2D eigenvalue weighted by atomic mass is 19.4. The second kappa shape index (κ2) is 7.15. The summed E-state index contributed by atoms with van der Waals surface area (Å²) in [5.74, 6) is 0.973. The number of alkyl halides is 3. The van der Waals surface area contributed by atoms with E-state index in [9.17, 15) is 13.2 Å². The molecule has 2 nitrogen and oxygen atoms in total. The van der Waals surface area contributed by atoms with Crippen LogP contribution in [0.4, 0.5) is 13.2 Å². The normalized spacial score (nSPS) is 16.2. The van der Waals surface area contributed by atoms with Crippen LogP contribution in [0.15, 0.2) is 24.3 Å². The Kier molecular flexibility index (Phi) is 5.84. The number of piperidine rings is 1. The minimum Gasteiger partial charge on any atom is -0.317 e. The Bertz CT molecular complexity index is 429. The van der Waals surface area contributed by atoms with Crippen LogP contribution in [0.5, 0.6) is 0 Å². The molecule has 0 radical (unpaired) electrons. The molecule has 1 aromatic rings. The monoisotopic (exact) mass is 270 g/mol. The van der Waals surface area contributed by atoms with Gasteiger partial charge in [-0.15, -0.1) is 0 Å². The first kappa shape index (κ1) is 15.5. The van der Waals surface area contributed by atoms with Crippen molar-refractivity contribution in [3.05, 3.63) is 35.4 Å². The number of nitrogens with one attached hydrogen (secondary N) is 1. The molecule has 1 aromatic carbocycles. The molecule has 1 saturated heterocycles. The predicted octanol–water partition coefficient (Wildman–Crippen LogP) is 3.58. The van der Waals surface area contributed by atoms with Gasteiger partial charge >= 0.3 is 6.18 Å². The van der Waals surface area contributed by atoms with E-state index in [0.29, 0.717) is 0 Å². The average molecular weight is 270 g/mol. The maximum Gasteiger partial charge on any atom is 0.417 e. The smallest absolute Gasteiger partial charge is 0.317 e. The third-order valence-electron chi connectivity index (χ3n) is 2.98. The fraction of sp³-hybridized carbons (Fsp3) is 0.500.